The fraction of sp³-hybridized carbons (Fsp3) is 0.240. The first-order valence-corrected chi connectivity index (χ1v) is 12.2. The first kappa shape index (κ1) is 21.5. The summed E-state index contributed by atoms with van der Waals surface area (Å²) in [6, 6.07) is 18.2. The molecule has 1 saturated carbocycles. The molecule has 7 nitrogen and oxygen atoms in total. The van der Waals surface area contributed by atoms with E-state index in [1.807, 2.05) is 43.3 Å². The molecular weight excluding hydrogens is 440 g/mol. The highest BCUT2D eigenvalue weighted by Gasteiger charge is 2.51. The van der Waals surface area contributed by atoms with Gasteiger partial charge < -0.3 is 14.8 Å². The lowest BCUT2D eigenvalue weighted by molar-refractivity contribution is -0.118. The van der Waals surface area contributed by atoms with E-state index in [9.17, 15) is 13.2 Å². The smallest absolute Gasteiger partial charge is 0.240 e. The highest BCUT2D eigenvalue weighted by Crippen LogP contribution is 2.51. The van der Waals surface area contributed by atoms with Crippen LogP contribution in [-0.2, 0) is 20.2 Å². The summed E-state index contributed by atoms with van der Waals surface area (Å²) in [5.74, 6) is 1.33. The standard InChI is InChI=1S/C25H24N2O5S/c1-16-3-4-18(17-5-8-20(9-6-17)33(29,30)26-2)13-21(16)27-24(28)25(11-12-25)19-7-10-22-23(14-19)32-15-31-22/h3-10,13-14,26H,11-12,15H2,1-2H3,(H,27,28). The normalized spacial score (nSPS) is 15.8. The molecule has 0 aromatic heterocycles. The maximum Gasteiger partial charge on any atom is 0.240 e. The van der Waals surface area contributed by atoms with Crippen molar-refractivity contribution in [3.05, 3.63) is 71.8 Å². The number of nitrogens with one attached hydrogen (secondary N) is 2. The number of ether oxygens (including phenoxy) is 2. The van der Waals surface area contributed by atoms with Crippen LogP contribution in [0.4, 0.5) is 5.69 Å². The summed E-state index contributed by atoms with van der Waals surface area (Å²) in [6.45, 7) is 2.15. The average molecular weight is 465 g/mol. The maximum atomic E-state index is 13.3. The zero-order valence-corrected chi connectivity index (χ0v) is 19.2. The predicted octanol–water partition coefficient (Wildman–Crippen LogP) is 3.97. The molecule has 170 valence electrons. The zero-order valence-electron chi connectivity index (χ0n) is 18.3. The molecule has 2 aliphatic rings. The van der Waals surface area contributed by atoms with Gasteiger partial charge in [-0.3, -0.25) is 4.79 Å². The summed E-state index contributed by atoms with van der Waals surface area (Å²) in [6.07, 6.45) is 1.55. The van der Waals surface area contributed by atoms with Crippen molar-refractivity contribution in [3.8, 4) is 22.6 Å². The molecule has 2 N–H and O–H groups in total. The van der Waals surface area contributed by atoms with E-state index in [-0.39, 0.29) is 17.6 Å². The van der Waals surface area contributed by atoms with E-state index in [2.05, 4.69) is 10.0 Å². The van der Waals surface area contributed by atoms with Crippen molar-refractivity contribution in [1.82, 2.24) is 4.72 Å². The van der Waals surface area contributed by atoms with Gasteiger partial charge in [0.15, 0.2) is 11.5 Å². The van der Waals surface area contributed by atoms with Gasteiger partial charge in [-0.1, -0.05) is 30.3 Å². The summed E-state index contributed by atoms with van der Waals surface area (Å²) in [5.41, 5.74) is 3.79. The molecule has 1 aliphatic heterocycles. The Bertz CT molecular complexity index is 1350. The Hall–Kier alpha value is -3.36. The zero-order chi connectivity index (χ0) is 23.2. The summed E-state index contributed by atoms with van der Waals surface area (Å²) >= 11 is 0. The van der Waals surface area contributed by atoms with Crippen molar-refractivity contribution in [3.63, 3.8) is 0 Å². The third-order valence-corrected chi connectivity index (χ3v) is 7.79. The summed E-state index contributed by atoms with van der Waals surface area (Å²) in [4.78, 5) is 13.5. The third kappa shape index (κ3) is 3.85. The van der Waals surface area contributed by atoms with Crippen LogP contribution in [0.25, 0.3) is 11.1 Å². The number of hydrogen-bond acceptors (Lipinski definition) is 5. The first-order chi connectivity index (χ1) is 15.8. The number of carbonyl (C=O) groups is 1. The van der Waals surface area contributed by atoms with Crippen molar-refractivity contribution in [2.45, 2.75) is 30.1 Å². The van der Waals surface area contributed by atoms with Gasteiger partial charge in [-0.05, 0) is 79.4 Å². The van der Waals surface area contributed by atoms with Crippen LogP contribution in [0, 0.1) is 6.92 Å². The minimum atomic E-state index is -3.49. The quantitative estimate of drug-likeness (QED) is 0.576. The van der Waals surface area contributed by atoms with Crippen molar-refractivity contribution in [1.29, 1.82) is 0 Å². The lowest BCUT2D eigenvalue weighted by Gasteiger charge is -2.18. The second kappa shape index (κ2) is 7.90. The van der Waals surface area contributed by atoms with E-state index in [1.165, 1.54) is 7.05 Å². The molecule has 33 heavy (non-hydrogen) atoms. The summed E-state index contributed by atoms with van der Waals surface area (Å²) < 4.78 is 37.1. The monoisotopic (exact) mass is 464 g/mol. The van der Waals surface area contributed by atoms with E-state index in [0.29, 0.717) is 11.5 Å². The molecule has 1 heterocycles. The molecule has 0 atom stereocenters. The Kier molecular flexibility index (Phi) is 5.14. The number of anilines is 1. The molecule has 1 fully saturated rings. The van der Waals surface area contributed by atoms with Crippen LogP contribution < -0.4 is 19.5 Å². The van der Waals surface area contributed by atoms with Crippen molar-refractivity contribution < 1.29 is 22.7 Å². The summed E-state index contributed by atoms with van der Waals surface area (Å²) in [7, 11) is -2.11. The van der Waals surface area contributed by atoms with Gasteiger partial charge in [0.1, 0.15) is 0 Å². The van der Waals surface area contributed by atoms with Crippen molar-refractivity contribution >= 4 is 21.6 Å². The second-order valence-electron chi connectivity index (χ2n) is 8.37. The molecule has 8 heteroatoms. The molecule has 0 radical (unpaired) electrons. The Labute approximate surface area is 192 Å². The number of hydrogen-bond donors (Lipinski definition) is 2. The van der Waals surface area contributed by atoms with E-state index in [0.717, 1.165) is 40.8 Å². The molecule has 1 amide bonds. The predicted molar refractivity (Wildman–Crippen MR) is 125 cm³/mol. The SMILES string of the molecule is CNS(=O)(=O)c1ccc(-c2ccc(C)c(NC(=O)C3(c4ccc5c(c4)OCO5)CC3)c2)cc1. The molecule has 0 bridgehead atoms. The van der Waals surface area contributed by atoms with Gasteiger partial charge in [0.25, 0.3) is 0 Å². The van der Waals surface area contributed by atoms with Crippen LogP contribution in [-0.4, -0.2) is 28.2 Å². The Balaban J connectivity index is 1.39. The Morgan fingerprint density at radius 2 is 1.61 bits per heavy atom. The number of carbonyl (C=O) groups excluding carboxylic acids is 1. The lowest BCUT2D eigenvalue weighted by Crippen LogP contribution is -2.28. The van der Waals surface area contributed by atoms with Gasteiger partial charge in [0.05, 0.1) is 10.3 Å². The van der Waals surface area contributed by atoms with Crippen LogP contribution in [0.1, 0.15) is 24.0 Å². The maximum absolute atomic E-state index is 13.3. The fourth-order valence-corrected chi connectivity index (χ4v) is 4.82. The highest BCUT2D eigenvalue weighted by molar-refractivity contribution is 7.89. The molecule has 5 rings (SSSR count). The second-order valence-corrected chi connectivity index (χ2v) is 10.3. The van der Waals surface area contributed by atoms with Crippen molar-refractivity contribution in [2.75, 3.05) is 19.2 Å². The molecule has 0 saturated heterocycles. The fourth-order valence-electron chi connectivity index (χ4n) is 4.09. The van der Waals surface area contributed by atoms with E-state index in [4.69, 9.17) is 9.47 Å². The third-order valence-electron chi connectivity index (χ3n) is 6.36. The lowest BCUT2D eigenvalue weighted by atomic mass is 9.94. The Morgan fingerprint density at radius 3 is 2.30 bits per heavy atom. The summed E-state index contributed by atoms with van der Waals surface area (Å²) in [5, 5.41) is 3.12. The van der Waals surface area contributed by atoms with Gasteiger partial charge in [-0.15, -0.1) is 0 Å². The number of aryl methyl sites for hydroxylation is 1. The van der Waals surface area contributed by atoms with Gasteiger partial charge >= 0.3 is 0 Å². The molecule has 3 aromatic rings. The van der Waals surface area contributed by atoms with Gasteiger partial charge in [-0.2, -0.15) is 0 Å². The van der Waals surface area contributed by atoms with Gasteiger partial charge in [0, 0.05) is 5.69 Å². The number of sulfonamides is 1. The number of benzene rings is 3. The highest BCUT2D eigenvalue weighted by atomic mass is 32.2. The van der Waals surface area contributed by atoms with Crippen LogP contribution >= 0.6 is 0 Å². The largest absolute Gasteiger partial charge is 0.454 e. The van der Waals surface area contributed by atoms with Crippen LogP contribution in [0.15, 0.2) is 65.6 Å². The minimum Gasteiger partial charge on any atom is -0.454 e. The van der Waals surface area contributed by atoms with Gasteiger partial charge in [-0.25, -0.2) is 13.1 Å². The van der Waals surface area contributed by atoms with Crippen LogP contribution in [0.2, 0.25) is 0 Å². The average Bonchev–Trinajstić information content (AvgIpc) is 3.51. The number of fused-ring (bicyclic) bond motifs is 1. The molecule has 3 aromatic carbocycles. The minimum absolute atomic E-state index is 0.0444. The van der Waals surface area contributed by atoms with Crippen LogP contribution in [0.3, 0.4) is 0 Å². The Morgan fingerprint density at radius 1 is 0.909 bits per heavy atom. The molecule has 0 unspecified atom stereocenters. The van der Waals surface area contributed by atoms with E-state index < -0.39 is 15.4 Å². The van der Waals surface area contributed by atoms with Gasteiger partial charge in [0.2, 0.25) is 22.7 Å². The van der Waals surface area contributed by atoms with Crippen LogP contribution in [0.5, 0.6) is 11.5 Å². The number of rotatable bonds is 6. The first-order valence-electron chi connectivity index (χ1n) is 10.7. The van der Waals surface area contributed by atoms with E-state index in [1.54, 1.807) is 24.3 Å². The molecule has 0 spiro atoms. The van der Waals surface area contributed by atoms with E-state index >= 15 is 0 Å². The molecule has 1 aliphatic carbocycles. The topological polar surface area (TPSA) is 93.7 Å². The molecular formula is C25H24N2O5S. The van der Waals surface area contributed by atoms with Crippen molar-refractivity contribution in [2.24, 2.45) is 0 Å². The number of amides is 1.